The van der Waals surface area contributed by atoms with Gasteiger partial charge in [-0.3, -0.25) is 0 Å². The molecule has 0 spiro atoms. The minimum Gasteiger partial charge on any atom is -0.496 e. The maximum atomic E-state index is 5.91. The van der Waals surface area contributed by atoms with Crippen molar-refractivity contribution in [1.82, 2.24) is 9.97 Å². The minimum absolute atomic E-state index is 0.853. The fourth-order valence-corrected chi connectivity index (χ4v) is 7.42. The second-order valence-corrected chi connectivity index (χ2v) is 13.4. The zero-order valence-corrected chi connectivity index (χ0v) is 28.5. The van der Waals surface area contributed by atoms with E-state index in [0.29, 0.717) is 0 Å². The van der Waals surface area contributed by atoms with Crippen molar-refractivity contribution >= 4 is 97.5 Å². The Morgan fingerprint density at radius 2 is 0.577 bits per heavy atom. The summed E-state index contributed by atoms with van der Waals surface area (Å²) in [5, 5.41) is 15.8. The van der Waals surface area contributed by atoms with Gasteiger partial charge in [0.15, 0.2) is 0 Å². The van der Waals surface area contributed by atoms with Crippen LogP contribution in [0.1, 0.15) is 0 Å². The van der Waals surface area contributed by atoms with E-state index in [4.69, 9.17) is 14.7 Å². The molecular formula is C49H32N2O. The van der Waals surface area contributed by atoms with Crippen LogP contribution in [-0.4, -0.2) is 17.1 Å². The van der Waals surface area contributed by atoms with Crippen molar-refractivity contribution in [1.29, 1.82) is 0 Å². The predicted octanol–water partition coefficient (Wildman–Crippen LogP) is 13.1. The van der Waals surface area contributed by atoms with Gasteiger partial charge in [-0.05, 0) is 66.7 Å². The zero-order chi connectivity index (χ0) is 34.6. The molecule has 21 aromatic rings. The molecule has 7 aromatic carbocycles. The van der Waals surface area contributed by atoms with E-state index in [9.17, 15) is 0 Å². The van der Waals surface area contributed by atoms with Crippen LogP contribution in [-0.2, 0) is 0 Å². The summed E-state index contributed by atoms with van der Waals surface area (Å²) < 4.78 is 5.91. The highest BCUT2D eigenvalue weighted by Crippen LogP contribution is 2.30. The summed E-state index contributed by atoms with van der Waals surface area (Å²) in [7, 11) is 1.74. The maximum absolute atomic E-state index is 5.91. The van der Waals surface area contributed by atoms with Crippen molar-refractivity contribution in [2.75, 3.05) is 7.11 Å². The van der Waals surface area contributed by atoms with E-state index in [2.05, 4.69) is 176 Å². The fraction of sp³-hybridized carbons (Fsp3) is 0.0204. The number of aromatic nitrogens is 2. The fourth-order valence-electron chi connectivity index (χ4n) is 7.42. The first-order chi connectivity index (χ1) is 25.7. The van der Waals surface area contributed by atoms with Gasteiger partial charge in [-0.15, -0.1) is 0 Å². The third-order valence-electron chi connectivity index (χ3n) is 10.4. The van der Waals surface area contributed by atoms with Gasteiger partial charge in [0.2, 0.25) is 0 Å². The van der Waals surface area contributed by atoms with Crippen LogP contribution in [0.15, 0.2) is 176 Å². The van der Waals surface area contributed by atoms with Gasteiger partial charge in [0.05, 0.1) is 29.2 Å². The molecule has 14 aromatic heterocycles. The molecule has 3 heteroatoms. The van der Waals surface area contributed by atoms with Crippen LogP contribution in [0.25, 0.3) is 97.5 Å². The molecule has 21 rings (SSSR count). The Bertz CT molecular complexity index is 3140. The van der Waals surface area contributed by atoms with Gasteiger partial charge < -0.3 is 4.74 Å². The summed E-state index contributed by atoms with van der Waals surface area (Å²) in [4.78, 5) is 10.4. The van der Waals surface area contributed by atoms with E-state index < -0.39 is 0 Å². The molecule has 0 fully saturated rings. The normalized spacial score (nSPS) is 11.6. The number of benzene rings is 7. The molecule has 0 atom stereocenters. The third kappa shape index (κ3) is 5.23. The lowest BCUT2D eigenvalue weighted by atomic mass is 10.0. The van der Waals surface area contributed by atoms with Crippen molar-refractivity contribution in [2.24, 2.45) is 0 Å². The first-order valence-electron chi connectivity index (χ1n) is 17.6. The molecule has 52 heavy (non-hydrogen) atoms. The van der Waals surface area contributed by atoms with Crippen LogP contribution >= 0.6 is 0 Å². The average molecular weight is 665 g/mol. The largest absolute Gasteiger partial charge is 0.496 e. The Balaban J connectivity index is 1.23. The van der Waals surface area contributed by atoms with Crippen LogP contribution < -0.4 is 4.74 Å². The summed E-state index contributed by atoms with van der Waals surface area (Å²) >= 11 is 0. The van der Waals surface area contributed by atoms with Gasteiger partial charge in [-0.25, -0.2) is 9.97 Å². The summed E-state index contributed by atoms with van der Waals surface area (Å²) in [6, 6.07) is 62.9. The second-order valence-electron chi connectivity index (χ2n) is 13.4. The summed E-state index contributed by atoms with van der Waals surface area (Å²) in [6.07, 6.45) is 0. The number of hydrogen-bond donors (Lipinski definition) is 0. The average Bonchev–Trinajstić information content (AvgIpc) is 3.23. The van der Waals surface area contributed by atoms with Gasteiger partial charge in [-0.1, -0.05) is 158 Å². The Morgan fingerprint density at radius 3 is 0.962 bits per heavy atom. The molecule has 244 valence electrons. The van der Waals surface area contributed by atoms with Crippen LogP contribution in [0.4, 0.5) is 0 Å². The number of pyridine rings is 2. The topological polar surface area (TPSA) is 35.0 Å². The highest BCUT2D eigenvalue weighted by molar-refractivity contribution is 6.06. The lowest BCUT2D eigenvalue weighted by molar-refractivity contribution is 0.420. The summed E-state index contributed by atoms with van der Waals surface area (Å²) in [5.74, 6) is 0.853. The molecule has 0 aliphatic heterocycles. The van der Waals surface area contributed by atoms with Crippen LogP contribution in [0, 0.1) is 0 Å². The lowest BCUT2D eigenvalue weighted by Crippen LogP contribution is -1.87. The quantitative estimate of drug-likeness (QED) is 0.164. The second kappa shape index (κ2) is 12.2. The van der Waals surface area contributed by atoms with Crippen molar-refractivity contribution < 1.29 is 4.74 Å². The molecule has 0 saturated heterocycles. The Kier molecular flexibility index (Phi) is 7.04. The molecule has 3 nitrogen and oxygen atoms in total. The van der Waals surface area contributed by atoms with Gasteiger partial charge in [-0.2, -0.15) is 0 Å². The highest BCUT2D eigenvalue weighted by Gasteiger charge is 2.06. The lowest BCUT2D eigenvalue weighted by Gasteiger charge is -2.06. The number of rotatable bonds is 1. The molecular weight excluding hydrogens is 633 g/mol. The summed E-state index contributed by atoms with van der Waals surface area (Å²) in [6.45, 7) is 0. The molecule has 0 amide bonds. The Morgan fingerprint density at radius 1 is 0.288 bits per heavy atom. The van der Waals surface area contributed by atoms with Gasteiger partial charge in [0.1, 0.15) is 5.75 Å². The molecule has 16 bridgehead atoms. The van der Waals surface area contributed by atoms with Crippen LogP contribution in [0.5, 0.6) is 5.75 Å². The smallest absolute Gasteiger partial charge is 0.127 e. The van der Waals surface area contributed by atoms with Gasteiger partial charge >= 0.3 is 0 Å². The molecule has 0 aliphatic rings. The van der Waals surface area contributed by atoms with Gasteiger partial charge in [0, 0.05) is 26.9 Å². The molecule has 0 aliphatic carbocycles. The molecule has 0 radical (unpaired) electrons. The molecule has 0 unspecified atom stereocenters. The number of nitrogens with zero attached hydrogens (tertiary/aromatic N) is 2. The standard InChI is InChI=1S/C49H32N2O/c1-52-47-30-43-24-27-44(47)38-16-10-34(11-17-38)31-2-4-32(5-3-31)35-12-18-39(19-13-35)45-28-25-41-22-23-42-26-29-46(51-49(42)48(41)50-45)40-20-14-36(15-21-40)33-6-8-37(43)9-7-33/h2-30H,1H3. The van der Waals surface area contributed by atoms with E-state index in [0.717, 1.165) is 81.7 Å². The summed E-state index contributed by atoms with van der Waals surface area (Å²) in [5.41, 5.74) is 3.68. The van der Waals surface area contributed by atoms with Crippen LogP contribution in [0.3, 0.4) is 0 Å². The van der Waals surface area contributed by atoms with E-state index in [1.54, 1.807) is 7.11 Å². The number of ether oxygens (including phenoxy) is 1. The monoisotopic (exact) mass is 664 g/mol. The van der Waals surface area contributed by atoms with Crippen molar-refractivity contribution in [3.8, 4) is 5.75 Å². The third-order valence-corrected chi connectivity index (χ3v) is 10.4. The number of methoxy groups -OCH3 is 1. The highest BCUT2D eigenvalue weighted by atomic mass is 16.5. The number of hydrogen-bond acceptors (Lipinski definition) is 3. The predicted molar refractivity (Wildman–Crippen MR) is 221 cm³/mol. The maximum Gasteiger partial charge on any atom is 0.127 e. The zero-order valence-electron chi connectivity index (χ0n) is 28.5. The molecule has 0 saturated carbocycles. The van der Waals surface area contributed by atoms with E-state index >= 15 is 0 Å². The first-order valence-corrected chi connectivity index (χ1v) is 17.6. The van der Waals surface area contributed by atoms with E-state index in [1.807, 2.05) is 0 Å². The molecule has 14 heterocycles. The van der Waals surface area contributed by atoms with Crippen LogP contribution in [0.2, 0.25) is 0 Å². The minimum atomic E-state index is 0.853. The Hall–Kier alpha value is -6.84. The van der Waals surface area contributed by atoms with Crippen molar-refractivity contribution in [3.63, 3.8) is 0 Å². The van der Waals surface area contributed by atoms with E-state index in [1.165, 1.54) is 21.5 Å². The van der Waals surface area contributed by atoms with Gasteiger partial charge in [0.25, 0.3) is 0 Å². The van der Waals surface area contributed by atoms with Crippen molar-refractivity contribution in [2.45, 2.75) is 0 Å². The van der Waals surface area contributed by atoms with E-state index in [-0.39, 0.29) is 0 Å². The first kappa shape index (κ1) is 30.0. The SMILES string of the molecule is COc1cc2ccc1c1ccc(cc1)c1ccc(cc1)c1ccc(cc1)c1ccc3ccc4ccc(nc4c3n1)c1ccc(cc1)c1ccc2cc1. The Labute approximate surface area is 300 Å². The molecule has 0 N–H and O–H groups in total. The van der Waals surface area contributed by atoms with Crippen molar-refractivity contribution in [3.05, 3.63) is 176 Å².